The van der Waals surface area contributed by atoms with Crippen molar-refractivity contribution in [1.82, 2.24) is 0 Å². The molecule has 7 nitrogen and oxygen atoms in total. The molecular weight excluding hydrogens is 701 g/mol. The Bertz CT molecular complexity index is 1660. The van der Waals surface area contributed by atoms with Crippen LogP contribution in [0.15, 0.2) is 130 Å². The van der Waals surface area contributed by atoms with Crippen LogP contribution in [0.3, 0.4) is 0 Å². The summed E-state index contributed by atoms with van der Waals surface area (Å²) in [4.78, 5) is 46.3. The number of allylic oxidation sites excluding steroid dienone is 20. The van der Waals surface area contributed by atoms with E-state index in [4.69, 9.17) is 14.6 Å². The lowest BCUT2D eigenvalue weighted by atomic mass is 9.71. The standard InChI is InChI=1S/C49H66O7/c1-34(18-14-20-36(3)22-25-43-38(5)30-41(32-48(43,8)9)55-46(53)28-24-40(7)50)16-12-13-17-35(2)19-15-21-37(4)23-26-44-39(6)31-42(33-49(44,10)11)56-47(54)29-27-45(51)52/h12-23,25-26,41-42H,24,27-33H2,1-11H3,(H,51,52)/b13-12+,18-14+,19-15+,25-22+,26-23+,34-16+,35-17+,36-20+,37-21+. The molecule has 56 heavy (non-hydrogen) atoms. The smallest absolute Gasteiger partial charge is 0.306 e. The molecule has 1 N–H and O–H groups in total. The third kappa shape index (κ3) is 17.8. The van der Waals surface area contributed by atoms with Crippen LogP contribution in [0.2, 0.25) is 0 Å². The summed E-state index contributed by atoms with van der Waals surface area (Å²) >= 11 is 0. The Morgan fingerprint density at radius 3 is 1.29 bits per heavy atom. The molecule has 0 radical (unpaired) electrons. The zero-order valence-electron chi connectivity index (χ0n) is 35.8. The molecule has 2 atom stereocenters. The van der Waals surface area contributed by atoms with Crippen LogP contribution in [0.1, 0.15) is 128 Å². The summed E-state index contributed by atoms with van der Waals surface area (Å²) in [7, 11) is 0. The zero-order chi connectivity index (χ0) is 42.1. The summed E-state index contributed by atoms with van der Waals surface area (Å²) in [5.41, 5.74) is 9.13. The largest absolute Gasteiger partial charge is 0.481 e. The lowest BCUT2D eigenvalue weighted by Crippen LogP contribution is -2.32. The van der Waals surface area contributed by atoms with Gasteiger partial charge >= 0.3 is 17.9 Å². The molecule has 0 fully saturated rings. The number of carboxylic acids is 1. The maximum absolute atomic E-state index is 12.2. The Balaban J connectivity index is 1.91. The van der Waals surface area contributed by atoms with Crippen LogP contribution < -0.4 is 0 Å². The van der Waals surface area contributed by atoms with Gasteiger partial charge in [-0.1, -0.05) is 146 Å². The molecule has 0 amide bonds. The molecule has 0 aliphatic heterocycles. The van der Waals surface area contributed by atoms with Gasteiger partial charge in [-0.15, -0.1) is 0 Å². The van der Waals surface area contributed by atoms with Gasteiger partial charge in [0.15, 0.2) is 0 Å². The molecule has 0 aromatic heterocycles. The molecule has 0 saturated carbocycles. The zero-order valence-corrected chi connectivity index (χ0v) is 35.8. The predicted octanol–water partition coefficient (Wildman–Crippen LogP) is 11.9. The van der Waals surface area contributed by atoms with E-state index in [9.17, 15) is 19.2 Å². The topological polar surface area (TPSA) is 107 Å². The van der Waals surface area contributed by atoms with Gasteiger partial charge < -0.3 is 19.4 Å². The average Bonchev–Trinajstić information content (AvgIpc) is 3.07. The number of ether oxygens (including phenoxy) is 2. The molecule has 7 heteroatoms. The molecule has 2 rings (SSSR count). The molecule has 304 valence electrons. The summed E-state index contributed by atoms with van der Waals surface area (Å²) in [5, 5.41) is 8.83. The van der Waals surface area contributed by atoms with E-state index in [0.29, 0.717) is 19.3 Å². The van der Waals surface area contributed by atoms with Crippen LogP contribution in [-0.4, -0.2) is 41.0 Å². The van der Waals surface area contributed by atoms with Crippen molar-refractivity contribution in [2.75, 3.05) is 0 Å². The van der Waals surface area contributed by atoms with E-state index in [-0.39, 0.29) is 60.5 Å². The van der Waals surface area contributed by atoms with Crippen LogP contribution in [0.4, 0.5) is 0 Å². The number of hydrogen-bond acceptors (Lipinski definition) is 6. The van der Waals surface area contributed by atoms with E-state index in [1.54, 1.807) is 0 Å². The van der Waals surface area contributed by atoms with Crippen molar-refractivity contribution in [2.24, 2.45) is 10.8 Å². The molecule has 0 aromatic rings. The van der Waals surface area contributed by atoms with E-state index >= 15 is 0 Å². The van der Waals surface area contributed by atoms with Gasteiger partial charge in [0.2, 0.25) is 0 Å². The summed E-state index contributed by atoms with van der Waals surface area (Å²) in [5.74, 6) is -1.75. The van der Waals surface area contributed by atoms with Gasteiger partial charge in [0.25, 0.3) is 0 Å². The number of carbonyl (C=O) groups excluding carboxylic acids is 3. The van der Waals surface area contributed by atoms with Crippen LogP contribution in [-0.2, 0) is 28.7 Å². The van der Waals surface area contributed by atoms with Gasteiger partial charge in [0.1, 0.15) is 18.0 Å². The first kappa shape index (κ1) is 47.4. The second kappa shape index (κ2) is 22.7. The number of Topliss-reactive ketones (excluding diaryl/α,β-unsaturated/α-hetero) is 1. The molecule has 0 saturated heterocycles. The van der Waals surface area contributed by atoms with E-state index in [1.165, 1.54) is 29.2 Å². The van der Waals surface area contributed by atoms with Crippen molar-refractivity contribution in [1.29, 1.82) is 0 Å². The second-order valence-electron chi connectivity index (χ2n) is 16.7. The highest BCUT2D eigenvalue weighted by Crippen LogP contribution is 2.43. The Labute approximate surface area is 336 Å². The van der Waals surface area contributed by atoms with Crippen molar-refractivity contribution in [3.8, 4) is 0 Å². The molecular formula is C49H66O7. The summed E-state index contributed by atoms with van der Waals surface area (Å²) in [6, 6.07) is 0. The fourth-order valence-corrected chi connectivity index (χ4v) is 7.21. The summed E-state index contributed by atoms with van der Waals surface area (Å²) in [6.45, 7) is 22.6. The van der Waals surface area contributed by atoms with Gasteiger partial charge in [-0.25, -0.2) is 0 Å². The van der Waals surface area contributed by atoms with Gasteiger partial charge in [-0.2, -0.15) is 0 Å². The number of carbonyl (C=O) groups is 4. The quantitative estimate of drug-likeness (QED) is 0.109. The fraction of sp³-hybridized carbons (Fsp3) is 0.469. The summed E-state index contributed by atoms with van der Waals surface area (Å²) in [6.07, 6.45) is 31.7. The molecule has 2 aliphatic rings. The third-order valence-electron chi connectivity index (χ3n) is 10.0. The Hall–Kier alpha value is -4.78. The van der Waals surface area contributed by atoms with Gasteiger partial charge in [-0.3, -0.25) is 14.4 Å². The lowest BCUT2D eigenvalue weighted by molar-refractivity contribution is -0.153. The predicted molar refractivity (Wildman–Crippen MR) is 229 cm³/mol. The lowest BCUT2D eigenvalue weighted by Gasteiger charge is -2.37. The molecule has 2 aliphatic carbocycles. The molecule has 0 aromatic carbocycles. The van der Waals surface area contributed by atoms with E-state index in [0.717, 1.165) is 28.7 Å². The minimum atomic E-state index is -0.999. The maximum atomic E-state index is 12.2. The highest BCUT2D eigenvalue weighted by molar-refractivity contribution is 5.81. The van der Waals surface area contributed by atoms with E-state index in [2.05, 4.69) is 136 Å². The minimum absolute atomic E-state index is 0.00168. The van der Waals surface area contributed by atoms with Crippen LogP contribution in [0.25, 0.3) is 0 Å². The number of esters is 2. The average molecular weight is 767 g/mol. The number of hydrogen-bond donors (Lipinski definition) is 1. The summed E-state index contributed by atoms with van der Waals surface area (Å²) < 4.78 is 11.3. The van der Waals surface area contributed by atoms with E-state index in [1.807, 2.05) is 18.2 Å². The first-order chi connectivity index (χ1) is 26.2. The van der Waals surface area contributed by atoms with E-state index < -0.39 is 11.9 Å². The number of rotatable bonds is 18. The van der Waals surface area contributed by atoms with Gasteiger partial charge in [0.05, 0.1) is 19.3 Å². The number of aliphatic carboxylic acids is 1. The second-order valence-corrected chi connectivity index (χ2v) is 16.7. The maximum Gasteiger partial charge on any atom is 0.306 e. The Morgan fingerprint density at radius 2 is 0.929 bits per heavy atom. The Kier molecular flexibility index (Phi) is 19.2. The third-order valence-corrected chi connectivity index (χ3v) is 10.0. The highest BCUT2D eigenvalue weighted by atomic mass is 16.5. The molecule has 0 heterocycles. The van der Waals surface area contributed by atoms with Crippen molar-refractivity contribution in [2.45, 2.75) is 140 Å². The minimum Gasteiger partial charge on any atom is -0.481 e. The van der Waals surface area contributed by atoms with Crippen LogP contribution in [0, 0.1) is 10.8 Å². The normalized spacial score (nSPS) is 21.3. The van der Waals surface area contributed by atoms with Crippen molar-refractivity contribution >= 4 is 23.7 Å². The van der Waals surface area contributed by atoms with Crippen LogP contribution in [0.5, 0.6) is 0 Å². The first-order valence-corrected chi connectivity index (χ1v) is 19.8. The van der Waals surface area contributed by atoms with Gasteiger partial charge in [0, 0.05) is 19.3 Å². The van der Waals surface area contributed by atoms with Crippen molar-refractivity contribution in [3.05, 3.63) is 130 Å². The molecule has 0 spiro atoms. The Morgan fingerprint density at radius 1 is 0.571 bits per heavy atom. The fourth-order valence-electron chi connectivity index (χ4n) is 7.21. The van der Waals surface area contributed by atoms with Crippen molar-refractivity contribution in [3.63, 3.8) is 0 Å². The highest BCUT2D eigenvalue weighted by Gasteiger charge is 2.35. The SMILES string of the molecule is CC(=O)CCC(=O)OC1CC(C)=C(/C=C/C(C)=C/C=C/C(C)=C/C=C/C=C(C)/C=C/C=C(C)/C=C/C2=C(C)CC(OC(=O)CCC(=O)O)CC2(C)C)C(C)(C)C1. The van der Waals surface area contributed by atoms with Crippen LogP contribution >= 0.6 is 0 Å². The van der Waals surface area contributed by atoms with Crippen molar-refractivity contribution < 1.29 is 33.8 Å². The first-order valence-electron chi connectivity index (χ1n) is 19.8. The monoisotopic (exact) mass is 766 g/mol. The number of carboxylic acid groups (broad SMARTS) is 1. The molecule has 0 bridgehead atoms. The molecule has 2 unspecified atom stereocenters. The van der Waals surface area contributed by atoms with Gasteiger partial charge in [-0.05, 0) is 83.3 Å². The number of ketones is 1.